The topological polar surface area (TPSA) is 137 Å². The van der Waals surface area contributed by atoms with Crippen molar-refractivity contribution in [2.45, 2.75) is 49.2 Å². The van der Waals surface area contributed by atoms with Gasteiger partial charge in [-0.15, -0.1) is 0 Å². The van der Waals surface area contributed by atoms with Crippen LogP contribution in [-0.4, -0.2) is 22.2 Å². The second-order valence-electron chi connectivity index (χ2n) is 11.0. The van der Waals surface area contributed by atoms with E-state index >= 15 is 0 Å². The van der Waals surface area contributed by atoms with E-state index in [-0.39, 0.29) is 18.7 Å². The zero-order valence-corrected chi connectivity index (χ0v) is 22.4. The molecule has 2 aliphatic rings. The summed E-state index contributed by atoms with van der Waals surface area (Å²) in [5.41, 5.74) is 19.1. The molecule has 0 bridgehead atoms. The van der Waals surface area contributed by atoms with Gasteiger partial charge in [-0.2, -0.15) is 23.5 Å². The van der Waals surface area contributed by atoms with E-state index in [4.69, 9.17) is 17.2 Å². The van der Waals surface area contributed by atoms with Gasteiger partial charge in [-0.1, -0.05) is 61.4 Å². The first-order valence-corrected chi connectivity index (χ1v) is 13.5. The number of primary amides is 1. The molecule has 10 heteroatoms. The van der Waals surface area contributed by atoms with E-state index in [0.29, 0.717) is 29.7 Å². The largest absolute Gasteiger partial charge is 0.435 e. The Hall–Kier alpha value is -4.20. The van der Waals surface area contributed by atoms with Crippen molar-refractivity contribution in [3.63, 3.8) is 0 Å². The van der Waals surface area contributed by atoms with E-state index in [9.17, 15) is 23.2 Å². The minimum Gasteiger partial charge on any atom is -0.364 e. The second-order valence-corrected chi connectivity index (χ2v) is 11.0. The summed E-state index contributed by atoms with van der Waals surface area (Å²) in [6.07, 6.45) is 4.64. The number of rotatable bonds is 9. The van der Waals surface area contributed by atoms with Gasteiger partial charge in [0.05, 0.1) is 17.2 Å². The Morgan fingerprint density at radius 1 is 1.12 bits per heavy atom. The highest BCUT2D eigenvalue weighted by Crippen LogP contribution is 2.43. The molecule has 6 N–H and O–H groups in total. The first kappa shape index (κ1) is 28.3. The predicted molar refractivity (Wildman–Crippen MR) is 149 cm³/mol. The van der Waals surface area contributed by atoms with E-state index in [2.05, 4.69) is 11.2 Å². The molecule has 0 aliphatic heterocycles. The van der Waals surface area contributed by atoms with Crippen molar-refractivity contribution in [1.82, 2.24) is 9.78 Å². The Balaban J connectivity index is 1.55. The van der Waals surface area contributed by atoms with Crippen LogP contribution in [0.25, 0.3) is 5.70 Å². The van der Waals surface area contributed by atoms with E-state index in [1.165, 1.54) is 12.8 Å². The maximum absolute atomic E-state index is 13.4. The molecule has 2 atom stereocenters. The number of nitrogens with zero attached hydrogens (tertiary/aromatic N) is 3. The van der Waals surface area contributed by atoms with Gasteiger partial charge < -0.3 is 17.2 Å². The summed E-state index contributed by atoms with van der Waals surface area (Å²) in [5.74, 6) is -0.383. The second kappa shape index (κ2) is 10.7. The molecule has 212 valence electrons. The van der Waals surface area contributed by atoms with Crippen LogP contribution in [0.1, 0.15) is 70.5 Å². The van der Waals surface area contributed by atoms with Gasteiger partial charge in [0.1, 0.15) is 5.69 Å². The van der Waals surface area contributed by atoms with Crippen LogP contribution in [-0.2, 0) is 17.1 Å². The number of amides is 1. The molecule has 3 aromatic rings. The fourth-order valence-electron chi connectivity index (χ4n) is 5.57. The third kappa shape index (κ3) is 5.56. The molecule has 1 aromatic heterocycles. The van der Waals surface area contributed by atoms with Crippen LogP contribution in [0.5, 0.6) is 0 Å². The summed E-state index contributed by atoms with van der Waals surface area (Å²) in [6.45, 7) is 0.132. The first-order chi connectivity index (χ1) is 19.5. The lowest BCUT2D eigenvalue weighted by Crippen LogP contribution is -2.40. The average Bonchev–Trinajstić information content (AvgIpc) is 3.69. The third-order valence-corrected chi connectivity index (χ3v) is 8.19. The Labute approximate surface area is 236 Å². The van der Waals surface area contributed by atoms with Crippen molar-refractivity contribution in [3.05, 3.63) is 106 Å². The molecule has 5 rings (SSSR count). The number of carbonyl (C=O) groups is 1. The molecule has 1 saturated carbocycles. The molecule has 0 spiro atoms. The van der Waals surface area contributed by atoms with E-state index in [1.807, 2.05) is 48.5 Å². The van der Waals surface area contributed by atoms with Crippen molar-refractivity contribution in [2.75, 3.05) is 6.54 Å². The SMILES string of the molecule is N#Cc1cccc(C(N)(CCC2CC2)c2cccc(C3(CN)C=CC=C(n4nc(C(F)(F)F)cc4C(N)=O)C3)c2)c1. The number of allylic oxidation sites excluding steroid dienone is 3. The molecule has 2 unspecified atom stereocenters. The number of hydrogen-bond donors (Lipinski definition) is 3. The molecule has 2 aromatic carbocycles. The van der Waals surface area contributed by atoms with Crippen LogP contribution in [0, 0.1) is 17.2 Å². The number of nitriles is 1. The normalized spacial score (nSPS) is 20.2. The van der Waals surface area contributed by atoms with Gasteiger partial charge in [0.25, 0.3) is 5.91 Å². The molecular formula is C31H31F3N6O. The smallest absolute Gasteiger partial charge is 0.364 e. The summed E-state index contributed by atoms with van der Waals surface area (Å²) in [5, 5.41) is 13.2. The van der Waals surface area contributed by atoms with Crippen LogP contribution < -0.4 is 17.2 Å². The lowest BCUT2D eigenvalue weighted by atomic mass is 9.72. The highest BCUT2D eigenvalue weighted by Gasteiger charge is 2.39. The molecule has 1 heterocycles. The number of aromatic nitrogens is 2. The molecular weight excluding hydrogens is 529 g/mol. The number of halogens is 3. The summed E-state index contributed by atoms with van der Waals surface area (Å²) < 4.78 is 41.3. The van der Waals surface area contributed by atoms with Crippen LogP contribution in [0.3, 0.4) is 0 Å². The van der Waals surface area contributed by atoms with Crippen molar-refractivity contribution in [3.8, 4) is 6.07 Å². The predicted octanol–water partition coefficient (Wildman–Crippen LogP) is 4.96. The lowest BCUT2D eigenvalue weighted by molar-refractivity contribution is -0.141. The number of nitrogens with two attached hydrogens (primary N) is 3. The zero-order chi connectivity index (χ0) is 29.4. The maximum Gasteiger partial charge on any atom is 0.435 e. The van der Waals surface area contributed by atoms with E-state index < -0.39 is 28.7 Å². The van der Waals surface area contributed by atoms with Gasteiger partial charge in [-0.3, -0.25) is 4.79 Å². The quantitative estimate of drug-likeness (QED) is 0.340. The van der Waals surface area contributed by atoms with Crippen molar-refractivity contribution in [2.24, 2.45) is 23.1 Å². The fraction of sp³-hybridized carbons (Fsp3) is 0.323. The van der Waals surface area contributed by atoms with Crippen molar-refractivity contribution >= 4 is 11.6 Å². The Bertz CT molecular complexity index is 1580. The molecule has 7 nitrogen and oxygen atoms in total. The molecule has 0 saturated heterocycles. The minimum atomic E-state index is -4.74. The molecule has 1 amide bonds. The average molecular weight is 561 g/mol. The maximum atomic E-state index is 13.4. The summed E-state index contributed by atoms with van der Waals surface area (Å²) in [7, 11) is 0. The van der Waals surface area contributed by atoms with Gasteiger partial charge in [-0.25, -0.2) is 4.68 Å². The van der Waals surface area contributed by atoms with E-state index in [1.54, 1.807) is 18.2 Å². The minimum absolute atomic E-state index is 0.132. The summed E-state index contributed by atoms with van der Waals surface area (Å²) in [6, 6.07) is 17.9. The van der Waals surface area contributed by atoms with Crippen molar-refractivity contribution < 1.29 is 18.0 Å². The van der Waals surface area contributed by atoms with Gasteiger partial charge in [0.15, 0.2) is 5.69 Å². The standard InChI is InChI=1S/C31H31F3N6O/c32-31(33,34)27-16-26(28(37)41)40(39-27)25-8-3-12-29(17-25,19-36)22-5-2-7-24(15-22)30(38,13-11-20-9-10-20)23-6-1-4-21(14-23)18-35/h1-8,12,14-16,20H,9-11,13,17,19,36,38H2,(H2,37,41). The Morgan fingerprint density at radius 3 is 2.46 bits per heavy atom. The van der Waals surface area contributed by atoms with Gasteiger partial charge in [0, 0.05) is 30.1 Å². The fourth-order valence-corrected chi connectivity index (χ4v) is 5.57. The number of carbonyl (C=O) groups excluding carboxylic acids is 1. The Kier molecular flexibility index (Phi) is 7.36. The van der Waals surface area contributed by atoms with Crippen LogP contribution in [0.2, 0.25) is 0 Å². The van der Waals surface area contributed by atoms with Gasteiger partial charge in [0.2, 0.25) is 0 Å². The number of alkyl halides is 3. The summed E-state index contributed by atoms with van der Waals surface area (Å²) in [4.78, 5) is 12.0. The highest BCUT2D eigenvalue weighted by atomic mass is 19.4. The number of benzene rings is 2. The van der Waals surface area contributed by atoms with Gasteiger partial charge >= 0.3 is 6.18 Å². The molecule has 0 radical (unpaired) electrons. The molecule has 41 heavy (non-hydrogen) atoms. The van der Waals surface area contributed by atoms with E-state index in [0.717, 1.165) is 27.8 Å². The third-order valence-electron chi connectivity index (χ3n) is 8.19. The lowest BCUT2D eigenvalue weighted by Gasteiger charge is -2.36. The molecule has 1 fully saturated rings. The van der Waals surface area contributed by atoms with Crippen LogP contribution in [0.4, 0.5) is 13.2 Å². The highest BCUT2D eigenvalue weighted by molar-refractivity contribution is 5.92. The monoisotopic (exact) mass is 560 g/mol. The zero-order valence-electron chi connectivity index (χ0n) is 22.4. The summed E-state index contributed by atoms with van der Waals surface area (Å²) >= 11 is 0. The van der Waals surface area contributed by atoms with Crippen LogP contribution in [0.15, 0.2) is 72.8 Å². The first-order valence-electron chi connectivity index (χ1n) is 13.5. The van der Waals surface area contributed by atoms with Gasteiger partial charge in [-0.05, 0) is 53.7 Å². The van der Waals surface area contributed by atoms with Crippen molar-refractivity contribution in [1.29, 1.82) is 5.26 Å². The molecule has 2 aliphatic carbocycles. The number of hydrogen-bond acceptors (Lipinski definition) is 5. The van der Waals surface area contributed by atoms with Crippen LogP contribution >= 0.6 is 0 Å². The Morgan fingerprint density at radius 2 is 1.83 bits per heavy atom.